The molecule has 0 spiro atoms. The van der Waals surface area contributed by atoms with Crippen molar-refractivity contribution in [1.29, 1.82) is 5.26 Å². The van der Waals surface area contributed by atoms with Crippen molar-refractivity contribution < 1.29 is 4.73 Å². The Morgan fingerprint density at radius 3 is 2.63 bits per heavy atom. The second-order valence-electron chi connectivity index (χ2n) is 4.29. The van der Waals surface area contributed by atoms with Crippen LogP contribution in [0.2, 0.25) is 0 Å². The molecule has 2 rings (SSSR count). The third kappa shape index (κ3) is 3.73. The van der Waals surface area contributed by atoms with E-state index in [0.717, 1.165) is 10.3 Å². The van der Waals surface area contributed by atoms with E-state index in [1.165, 1.54) is 23.5 Å². The molecule has 1 heterocycles. The molecule has 0 amide bonds. The fraction of sp³-hybridized carbons (Fsp3) is 0.200. The van der Waals surface area contributed by atoms with Crippen molar-refractivity contribution in [3.63, 3.8) is 0 Å². The molecule has 0 aliphatic heterocycles. The van der Waals surface area contributed by atoms with Gasteiger partial charge in [-0.15, -0.1) is 0 Å². The fourth-order valence-electron chi connectivity index (χ4n) is 1.70. The zero-order valence-electron chi connectivity index (χ0n) is 10.6. The Morgan fingerprint density at radius 1 is 1.26 bits per heavy atom. The van der Waals surface area contributed by atoms with Gasteiger partial charge in [0, 0.05) is 12.1 Å². The van der Waals surface area contributed by atoms with Crippen molar-refractivity contribution >= 4 is 11.8 Å². The summed E-state index contributed by atoms with van der Waals surface area (Å²) in [6, 6.07) is 15.6. The van der Waals surface area contributed by atoms with Crippen molar-refractivity contribution in [1.82, 2.24) is 0 Å². The van der Waals surface area contributed by atoms with Crippen molar-refractivity contribution in [2.45, 2.75) is 23.6 Å². The number of pyridine rings is 1. The normalized spacial score (nSPS) is 11.8. The SMILES string of the molecule is Cc1ccc(C[C@H](C#N)Sc2cccc[n+]2[O-])cc1. The first-order valence-corrected chi connectivity index (χ1v) is 6.87. The van der Waals surface area contributed by atoms with Crippen LogP contribution in [0.1, 0.15) is 11.1 Å². The molecule has 1 aromatic heterocycles. The summed E-state index contributed by atoms with van der Waals surface area (Å²) in [6.45, 7) is 2.03. The minimum atomic E-state index is -0.259. The van der Waals surface area contributed by atoms with Crippen molar-refractivity contribution in [3.05, 3.63) is 65.0 Å². The van der Waals surface area contributed by atoms with Gasteiger partial charge >= 0.3 is 0 Å². The molecule has 4 heteroatoms. The molecule has 0 N–H and O–H groups in total. The zero-order valence-corrected chi connectivity index (χ0v) is 11.4. The lowest BCUT2D eigenvalue weighted by Crippen LogP contribution is -2.28. The van der Waals surface area contributed by atoms with Crippen LogP contribution in [0.15, 0.2) is 53.7 Å². The van der Waals surface area contributed by atoms with Gasteiger partial charge in [-0.3, -0.25) is 0 Å². The number of hydrogen-bond donors (Lipinski definition) is 0. The maximum absolute atomic E-state index is 11.6. The van der Waals surface area contributed by atoms with Crippen molar-refractivity contribution in [2.75, 3.05) is 0 Å². The Bertz CT molecular complexity index is 590. The molecule has 0 unspecified atom stereocenters. The number of thioether (sulfide) groups is 1. The van der Waals surface area contributed by atoms with Crippen LogP contribution in [0.3, 0.4) is 0 Å². The van der Waals surface area contributed by atoms with Crippen LogP contribution in [0.25, 0.3) is 0 Å². The summed E-state index contributed by atoms with van der Waals surface area (Å²) in [5, 5.41) is 21.1. The third-order valence-corrected chi connectivity index (χ3v) is 3.85. The number of aromatic nitrogens is 1. The van der Waals surface area contributed by atoms with Gasteiger partial charge in [-0.2, -0.15) is 9.99 Å². The third-order valence-electron chi connectivity index (χ3n) is 2.74. The van der Waals surface area contributed by atoms with Gasteiger partial charge < -0.3 is 5.21 Å². The number of rotatable bonds is 4. The van der Waals surface area contributed by atoms with E-state index in [-0.39, 0.29) is 5.25 Å². The summed E-state index contributed by atoms with van der Waals surface area (Å²) >= 11 is 1.30. The predicted octanol–water partition coefficient (Wildman–Crippen LogP) is 2.86. The Labute approximate surface area is 117 Å². The molecule has 0 fully saturated rings. The summed E-state index contributed by atoms with van der Waals surface area (Å²) in [7, 11) is 0. The largest absolute Gasteiger partial charge is 0.618 e. The summed E-state index contributed by atoms with van der Waals surface area (Å²) in [5.74, 6) is 0. The molecule has 0 saturated carbocycles. The Morgan fingerprint density at radius 2 is 2.00 bits per heavy atom. The summed E-state index contributed by atoms with van der Waals surface area (Å²) in [6.07, 6.45) is 2.08. The van der Waals surface area contributed by atoms with Crippen LogP contribution < -0.4 is 4.73 Å². The zero-order chi connectivity index (χ0) is 13.7. The number of benzene rings is 1. The summed E-state index contributed by atoms with van der Waals surface area (Å²) < 4.78 is 0.796. The molecule has 1 atom stereocenters. The van der Waals surface area contributed by atoms with Gasteiger partial charge in [0.1, 0.15) is 5.25 Å². The van der Waals surface area contributed by atoms with Crippen LogP contribution >= 0.6 is 11.8 Å². The predicted molar refractivity (Wildman–Crippen MR) is 75.5 cm³/mol. The topological polar surface area (TPSA) is 50.7 Å². The molecule has 1 aromatic carbocycles. The maximum atomic E-state index is 11.6. The molecular weight excluding hydrogens is 256 g/mol. The average molecular weight is 270 g/mol. The lowest BCUT2D eigenvalue weighted by molar-refractivity contribution is -0.645. The highest BCUT2D eigenvalue weighted by atomic mass is 32.2. The van der Waals surface area contributed by atoms with Gasteiger partial charge in [0.25, 0.3) is 5.03 Å². The van der Waals surface area contributed by atoms with E-state index in [0.29, 0.717) is 11.4 Å². The monoisotopic (exact) mass is 270 g/mol. The first-order valence-electron chi connectivity index (χ1n) is 5.99. The first kappa shape index (κ1) is 13.4. The molecule has 3 nitrogen and oxygen atoms in total. The lowest BCUT2D eigenvalue weighted by atomic mass is 10.1. The molecule has 0 bridgehead atoms. The minimum absolute atomic E-state index is 0.259. The Balaban J connectivity index is 2.07. The highest BCUT2D eigenvalue weighted by Gasteiger charge is 2.15. The summed E-state index contributed by atoms with van der Waals surface area (Å²) in [4.78, 5) is 0. The highest BCUT2D eigenvalue weighted by molar-refractivity contribution is 8.00. The van der Waals surface area contributed by atoms with Crippen molar-refractivity contribution in [3.8, 4) is 6.07 Å². The molecule has 19 heavy (non-hydrogen) atoms. The Kier molecular flexibility index (Phi) is 4.43. The first-order chi connectivity index (χ1) is 9.19. The fourth-order valence-corrected chi connectivity index (χ4v) is 2.64. The molecule has 0 radical (unpaired) electrons. The van der Waals surface area contributed by atoms with Gasteiger partial charge in [-0.25, -0.2) is 0 Å². The van der Waals surface area contributed by atoms with E-state index in [2.05, 4.69) is 6.07 Å². The van der Waals surface area contributed by atoms with E-state index >= 15 is 0 Å². The van der Waals surface area contributed by atoms with Gasteiger partial charge in [-0.1, -0.05) is 29.8 Å². The molecule has 0 saturated heterocycles. The number of nitriles is 1. The molecular formula is C15H14N2OS. The van der Waals surface area contributed by atoms with E-state index in [9.17, 15) is 10.5 Å². The smallest absolute Gasteiger partial charge is 0.252 e. The van der Waals surface area contributed by atoms with Crippen LogP contribution in [0.5, 0.6) is 0 Å². The van der Waals surface area contributed by atoms with Crippen molar-refractivity contribution in [2.24, 2.45) is 0 Å². The minimum Gasteiger partial charge on any atom is -0.618 e. The van der Waals surface area contributed by atoms with Crippen LogP contribution in [0.4, 0.5) is 0 Å². The van der Waals surface area contributed by atoms with E-state index < -0.39 is 0 Å². The average Bonchev–Trinajstić information content (AvgIpc) is 2.43. The van der Waals surface area contributed by atoms with Gasteiger partial charge in [0.15, 0.2) is 6.20 Å². The van der Waals surface area contributed by atoms with Gasteiger partial charge in [-0.05, 0) is 36.7 Å². The lowest BCUT2D eigenvalue weighted by Gasteiger charge is -2.09. The standard InChI is InChI=1S/C15H14N2OS/c1-12-5-7-13(8-6-12)10-14(11-16)19-15-4-2-3-9-17(15)18/h2-9,14H,10H2,1H3/t14-/m1/s1. The van der Waals surface area contributed by atoms with E-state index in [4.69, 9.17) is 0 Å². The molecule has 96 valence electrons. The van der Waals surface area contributed by atoms with E-state index in [1.54, 1.807) is 18.2 Å². The number of nitrogens with zero attached hydrogens (tertiary/aromatic N) is 2. The van der Waals surface area contributed by atoms with Crippen LogP contribution in [-0.4, -0.2) is 5.25 Å². The summed E-state index contributed by atoms with van der Waals surface area (Å²) in [5.41, 5.74) is 2.31. The van der Waals surface area contributed by atoms with Gasteiger partial charge in [0.2, 0.25) is 0 Å². The number of aryl methyl sites for hydroxylation is 1. The number of hydrogen-bond acceptors (Lipinski definition) is 3. The van der Waals surface area contributed by atoms with Gasteiger partial charge in [0.05, 0.1) is 6.07 Å². The molecule has 0 aliphatic carbocycles. The second-order valence-corrected chi connectivity index (χ2v) is 5.51. The Hall–Kier alpha value is -1.99. The van der Waals surface area contributed by atoms with Crippen LogP contribution in [0, 0.1) is 23.5 Å². The quantitative estimate of drug-likeness (QED) is 0.487. The molecule has 0 aliphatic rings. The highest BCUT2D eigenvalue weighted by Crippen LogP contribution is 2.22. The molecule has 2 aromatic rings. The van der Waals surface area contributed by atoms with E-state index in [1.807, 2.05) is 31.2 Å². The van der Waals surface area contributed by atoms with Crippen LogP contribution in [-0.2, 0) is 6.42 Å². The second kappa shape index (κ2) is 6.26. The maximum Gasteiger partial charge on any atom is 0.252 e.